The van der Waals surface area contributed by atoms with Crippen LogP contribution in [-0.2, 0) is 26.0 Å². The summed E-state index contributed by atoms with van der Waals surface area (Å²) >= 11 is 0. The van der Waals surface area contributed by atoms with E-state index in [0.29, 0.717) is 26.1 Å². The zero-order valence-electron chi connectivity index (χ0n) is 13.5. The molecule has 2 amide bonds. The molecule has 10 heteroatoms. The van der Waals surface area contributed by atoms with Gasteiger partial charge in [0.25, 0.3) is 0 Å². The van der Waals surface area contributed by atoms with Gasteiger partial charge >= 0.3 is 0 Å². The second kappa shape index (κ2) is 6.50. The highest BCUT2D eigenvalue weighted by molar-refractivity contribution is 7.91. The number of sulfone groups is 1. The summed E-state index contributed by atoms with van der Waals surface area (Å²) in [6, 6.07) is -0.867. The summed E-state index contributed by atoms with van der Waals surface area (Å²) < 4.78 is 25.7. The maximum absolute atomic E-state index is 12.6. The quantitative estimate of drug-likeness (QED) is 0.680. The first-order valence-electron chi connectivity index (χ1n) is 8.03. The minimum absolute atomic E-state index is 0.0585. The smallest absolute Gasteiger partial charge is 0.224 e. The number of aromatic nitrogens is 3. The standard InChI is InChI=1S/C14H21N5O4S/c1-2-13(20)18-5-6-19(12-8-24(22,23)7-11(12)18)14(21)3-4-17-10-15-9-16-17/h9-12H,2-8H2,1H3/t11-,12+/m0/s1. The van der Waals surface area contributed by atoms with Gasteiger partial charge in [-0.3, -0.25) is 14.3 Å². The van der Waals surface area contributed by atoms with Crippen LogP contribution in [0.4, 0.5) is 0 Å². The molecule has 0 unspecified atom stereocenters. The topological polar surface area (TPSA) is 105 Å². The van der Waals surface area contributed by atoms with Gasteiger partial charge in [-0.1, -0.05) is 6.92 Å². The molecule has 0 saturated carbocycles. The molecule has 0 aliphatic carbocycles. The summed E-state index contributed by atoms with van der Waals surface area (Å²) in [6.07, 6.45) is 3.50. The fraction of sp³-hybridized carbons (Fsp3) is 0.714. The van der Waals surface area contributed by atoms with Crippen LogP contribution in [0, 0.1) is 0 Å². The van der Waals surface area contributed by atoms with Crippen LogP contribution in [0.5, 0.6) is 0 Å². The largest absolute Gasteiger partial charge is 0.335 e. The van der Waals surface area contributed by atoms with Crippen molar-refractivity contribution >= 4 is 21.7 Å². The average molecular weight is 355 g/mol. The van der Waals surface area contributed by atoms with Gasteiger partial charge in [0.2, 0.25) is 11.8 Å². The Hall–Kier alpha value is -1.97. The Morgan fingerprint density at radius 1 is 1.12 bits per heavy atom. The molecule has 2 aliphatic rings. The molecule has 3 heterocycles. The van der Waals surface area contributed by atoms with Crippen molar-refractivity contribution in [3.05, 3.63) is 12.7 Å². The number of amides is 2. The van der Waals surface area contributed by atoms with E-state index >= 15 is 0 Å². The highest BCUT2D eigenvalue weighted by Gasteiger charge is 2.48. The van der Waals surface area contributed by atoms with Gasteiger partial charge in [-0.25, -0.2) is 13.4 Å². The van der Waals surface area contributed by atoms with Gasteiger partial charge < -0.3 is 9.80 Å². The number of nitrogens with zero attached hydrogens (tertiary/aromatic N) is 5. The van der Waals surface area contributed by atoms with Crippen LogP contribution in [0.1, 0.15) is 19.8 Å². The predicted octanol–water partition coefficient (Wildman–Crippen LogP) is -1.09. The Bertz CT molecular complexity index is 718. The van der Waals surface area contributed by atoms with E-state index in [9.17, 15) is 18.0 Å². The molecule has 2 atom stereocenters. The summed E-state index contributed by atoms with van der Waals surface area (Å²) in [7, 11) is -3.24. The number of aryl methyl sites for hydroxylation is 1. The lowest BCUT2D eigenvalue weighted by atomic mass is 10.0. The number of rotatable bonds is 4. The van der Waals surface area contributed by atoms with Crippen molar-refractivity contribution in [2.24, 2.45) is 0 Å². The molecule has 0 radical (unpaired) electrons. The van der Waals surface area contributed by atoms with E-state index < -0.39 is 21.9 Å². The first kappa shape index (κ1) is 16.9. The first-order valence-corrected chi connectivity index (χ1v) is 9.85. The molecule has 0 aromatic carbocycles. The van der Waals surface area contributed by atoms with Crippen molar-refractivity contribution in [3.8, 4) is 0 Å². The van der Waals surface area contributed by atoms with E-state index in [1.54, 1.807) is 21.4 Å². The van der Waals surface area contributed by atoms with Crippen molar-refractivity contribution in [1.82, 2.24) is 24.6 Å². The number of hydrogen-bond donors (Lipinski definition) is 0. The molecule has 9 nitrogen and oxygen atoms in total. The molecule has 0 bridgehead atoms. The van der Waals surface area contributed by atoms with Gasteiger partial charge in [-0.15, -0.1) is 0 Å². The van der Waals surface area contributed by atoms with E-state index in [4.69, 9.17) is 0 Å². The fourth-order valence-electron chi connectivity index (χ4n) is 3.48. The lowest BCUT2D eigenvalue weighted by molar-refractivity contribution is -0.145. The normalized spacial score (nSPS) is 25.5. The van der Waals surface area contributed by atoms with Gasteiger partial charge in [0.15, 0.2) is 9.84 Å². The highest BCUT2D eigenvalue weighted by Crippen LogP contribution is 2.28. The van der Waals surface area contributed by atoms with E-state index in [2.05, 4.69) is 10.1 Å². The maximum atomic E-state index is 12.6. The molecule has 132 valence electrons. The van der Waals surface area contributed by atoms with Crippen molar-refractivity contribution in [2.45, 2.75) is 38.4 Å². The van der Waals surface area contributed by atoms with Gasteiger partial charge in [-0.05, 0) is 0 Å². The lowest BCUT2D eigenvalue weighted by Crippen LogP contribution is -2.61. The molecule has 2 aliphatic heterocycles. The molecule has 24 heavy (non-hydrogen) atoms. The molecule has 1 aromatic heterocycles. The number of piperazine rings is 1. The third-order valence-electron chi connectivity index (χ3n) is 4.64. The fourth-order valence-corrected chi connectivity index (χ4v) is 5.46. The van der Waals surface area contributed by atoms with Gasteiger partial charge in [0.1, 0.15) is 12.7 Å². The molecular formula is C14H21N5O4S. The number of hydrogen-bond acceptors (Lipinski definition) is 6. The molecule has 1 aromatic rings. The van der Waals surface area contributed by atoms with Crippen LogP contribution in [0.25, 0.3) is 0 Å². The maximum Gasteiger partial charge on any atom is 0.224 e. The van der Waals surface area contributed by atoms with Crippen molar-refractivity contribution in [2.75, 3.05) is 24.6 Å². The van der Waals surface area contributed by atoms with Crippen LogP contribution in [0.15, 0.2) is 12.7 Å². The van der Waals surface area contributed by atoms with Crippen molar-refractivity contribution in [1.29, 1.82) is 0 Å². The SMILES string of the molecule is CCC(=O)N1CCN(C(=O)CCn2cncn2)[C@@H]2CS(=O)(=O)C[C@@H]21. The van der Waals surface area contributed by atoms with Gasteiger partial charge in [-0.2, -0.15) is 5.10 Å². The Kier molecular flexibility index (Phi) is 4.57. The summed E-state index contributed by atoms with van der Waals surface area (Å²) in [4.78, 5) is 31.7. The zero-order valence-corrected chi connectivity index (χ0v) is 14.4. The molecule has 2 saturated heterocycles. The molecule has 2 fully saturated rings. The number of carbonyl (C=O) groups excluding carboxylic acids is 2. The molecule has 3 rings (SSSR count). The van der Waals surface area contributed by atoms with Crippen LogP contribution in [0.3, 0.4) is 0 Å². The third-order valence-corrected chi connectivity index (χ3v) is 6.34. The highest BCUT2D eigenvalue weighted by atomic mass is 32.2. The summed E-state index contributed by atoms with van der Waals surface area (Å²) in [5, 5.41) is 3.96. The second-order valence-corrected chi connectivity index (χ2v) is 8.30. The Labute approximate surface area is 140 Å². The third kappa shape index (κ3) is 3.28. The average Bonchev–Trinajstić information content (AvgIpc) is 3.16. The Balaban J connectivity index is 1.73. The van der Waals surface area contributed by atoms with Crippen molar-refractivity contribution < 1.29 is 18.0 Å². The van der Waals surface area contributed by atoms with E-state index in [0.717, 1.165) is 0 Å². The molecule has 0 N–H and O–H groups in total. The summed E-state index contributed by atoms with van der Waals surface area (Å²) in [6.45, 7) is 2.92. The van der Waals surface area contributed by atoms with Gasteiger partial charge in [0.05, 0.1) is 30.1 Å². The predicted molar refractivity (Wildman–Crippen MR) is 84.6 cm³/mol. The van der Waals surface area contributed by atoms with Crippen LogP contribution >= 0.6 is 0 Å². The molecule has 0 spiro atoms. The van der Waals surface area contributed by atoms with E-state index in [1.165, 1.54) is 12.7 Å². The number of carbonyl (C=O) groups is 2. The summed E-state index contributed by atoms with van der Waals surface area (Å²) in [5.74, 6) is -0.297. The lowest BCUT2D eigenvalue weighted by Gasteiger charge is -2.44. The number of fused-ring (bicyclic) bond motifs is 1. The van der Waals surface area contributed by atoms with Crippen LogP contribution < -0.4 is 0 Å². The first-order chi connectivity index (χ1) is 11.4. The summed E-state index contributed by atoms with van der Waals surface area (Å²) in [5.41, 5.74) is 0. The molecular weight excluding hydrogens is 334 g/mol. The minimum atomic E-state index is -3.24. The van der Waals surface area contributed by atoms with Crippen LogP contribution in [0.2, 0.25) is 0 Å². The zero-order chi connectivity index (χ0) is 17.3. The Morgan fingerprint density at radius 3 is 2.29 bits per heavy atom. The Morgan fingerprint density at radius 2 is 1.75 bits per heavy atom. The van der Waals surface area contributed by atoms with Crippen molar-refractivity contribution in [3.63, 3.8) is 0 Å². The van der Waals surface area contributed by atoms with E-state index in [1.807, 2.05) is 0 Å². The minimum Gasteiger partial charge on any atom is -0.335 e. The van der Waals surface area contributed by atoms with E-state index in [-0.39, 0.29) is 29.7 Å². The second-order valence-electron chi connectivity index (χ2n) is 6.15. The van der Waals surface area contributed by atoms with Gasteiger partial charge in [0, 0.05) is 25.9 Å². The monoisotopic (exact) mass is 355 g/mol. The van der Waals surface area contributed by atoms with Crippen LogP contribution in [-0.4, -0.2) is 81.5 Å².